The van der Waals surface area contributed by atoms with Crippen molar-refractivity contribution in [3.05, 3.63) is 23.1 Å². The van der Waals surface area contributed by atoms with Crippen molar-refractivity contribution in [1.29, 1.82) is 0 Å². The van der Waals surface area contributed by atoms with Gasteiger partial charge in [0, 0.05) is 18.5 Å². The molecule has 5 heteroatoms. The summed E-state index contributed by atoms with van der Waals surface area (Å²) in [6.45, 7) is 0.562. The fourth-order valence-electron chi connectivity index (χ4n) is 1.53. The van der Waals surface area contributed by atoms with Crippen molar-refractivity contribution in [3.63, 3.8) is 0 Å². The maximum Gasteiger partial charge on any atom is 0.259 e. The summed E-state index contributed by atoms with van der Waals surface area (Å²) in [5.74, 6) is 0.356. The Hall–Kier alpha value is -0.670. The molecular weight excluding hydrogens is 237 g/mol. The highest BCUT2D eigenvalue weighted by molar-refractivity contribution is 6.32. The lowest BCUT2D eigenvalue weighted by Gasteiger charge is -2.20. The SMILES string of the molecule is O=C(c1ccoc1Cl)N(CCCl)C1CC1. The number of hydrogen-bond donors (Lipinski definition) is 0. The third kappa shape index (κ3) is 2.29. The molecule has 2 rings (SSSR count). The minimum Gasteiger partial charge on any atom is -0.452 e. The molecule has 1 heterocycles. The third-order valence-corrected chi connectivity index (χ3v) is 2.88. The van der Waals surface area contributed by atoms with E-state index in [2.05, 4.69) is 0 Å². The number of furan rings is 1. The molecule has 1 fully saturated rings. The Kier molecular flexibility index (Phi) is 3.22. The summed E-state index contributed by atoms with van der Waals surface area (Å²) in [5.41, 5.74) is 0.425. The molecular formula is C10H11Cl2NO2. The van der Waals surface area contributed by atoms with E-state index in [-0.39, 0.29) is 11.1 Å². The van der Waals surface area contributed by atoms with Crippen molar-refractivity contribution in [1.82, 2.24) is 4.90 Å². The molecule has 0 radical (unpaired) electrons. The van der Waals surface area contributed by atoms with Gasteiger partial charge >= 0.3 is 0 Å². The van der Waals surface area contributed by atoms with Crippen LogP contribution in [-0.2, 0) is 0 Å². The Bertz CT molecular complexity index is 360. The molecule has 0 N–H and O–H groups in total. The van der Waals surface area contributed by atoms with Crippen molar-refractivity contribution in [2.45, 2.75) is 18.9 Å². The van der Waals surface area contributed by atoms with Crippen LogP contribution in [0.5, 0.6) is 0 Å². The van der Waals surface area contributed by atoms with Crippen LogP contribution < -0.4 is 0 Å². The zero-order chi connectivity index (χ0) is 10.8. The first-order valence-corrected chi connectivity index (χ1v) is 5.75. The van der Waals surface area contributed by atoms with Crippen molar-refractivity contribution >= 4 is 29.1 Å². The normalized spacial score (nSPS) is 15.3. The fourth-order valence-corrected chi connectivity index (χ4v) is 1.91. The van der Waals surface area contributed by atoms with E-state index in [1.165, 1.54) is 6.26 Å². The molecule has 1 aromatic heterocycles. The third-order valence-electron chi connectivity index (χ3n) is 2.42. The Balaban J connectivity index is 2.14. The molecule has 1 aliphatic rings. The first-order chi connectivity index (χ1) is 7.24. The maximum absolute atomic E-state index is 12.0. The number of alkyl halides is 1. The molecule has 0 aromatic carbocycles. The second-order valence-electron chi connectivity index (χ2n) is 3.53. The number of halogens is 2. The summed E-state index contributed by atoms with van der Waals surface area (Å²) in [5, 5.41) is 0.153. The van der Waals surface area contributed by atoms with E-state index in [4.69, 9.17) is 27.6 Å². The highest BCUT2D eigenvalue weighted by Gasteiger charge is 2.33. The summed E-state index contributed by atoms with van der Waals surface area (Å²) in [6, 6.07) is 1.93. The second-order valence-corrected chi connectivity index (χ2v) is 4.25. The first kappa shape index (κ1) is 10.8. The maximum atomic E-state index is 12.0. The van der Waals surface area contributed by atoms with Gasteiger partial charge in [-0.3, -0.25) is 4.79 Å². The molecule has 0 spiro atoms. The van der Waals surface area contributed by atoms with Gasteiger partial charge in [0.1, 0.15) is 0 Å². The van der Waals surface area contributed by atoms with Crippen LogP contribution in [0.3, 0.4) is 0 Å². The second kappa shape index (κ2) is 4.45. The molecule has 0 aliphatic heterocycles. The lowest BCUT2D eigenvalue weighted by atomic mass is 10.3. The highest BCUT2D eigenvalue weighted by Crippen LogP contribution is 2.29. The molecule has 0 bridgehead atoms. The van der Waals surface area contributed by atoms with Gasteiger partial charge in [0.25, 0.3) is 5.91 Å². The summed E-state index contributed by atoms with van der Waals surface area (Å²) in [6.07, 6.45) is 3.53. The Morgan fingerprint density at radius 1 is 1.60 bits per heavy atom. The van der Waals surface area contributed by atoms with E-state index in [0.717, 1.165) is 12.8 Å². The molecule has 1 aliphatic carbocycles. The lowest BCUT2D eigenvalue weighted by molar-refractivity contribution is 0.0753. The molecule has 1 saturated carbocycles. The van der Waals surface area contributed by atoms with Crippen molar-refractivity contribution in [2.24, 2.45) is 0 Å². The van der Waals surface area contributed by atoms with Crippen molar-refractivity contribution < 1.29 is 9.21 Å². The highest BCUT2D eigenvalue weighted by atomic mass is 35.5. The zero-order valence-electron chi connectivity index (χ0n) is 8.08. The Morgan fingerprint density at radius 2 is 2.33 bits per heavy atom. The molecule has 82 valence electrons. The predicted molar refractivity (Wildman–Crippen MR) is 58.5 cm³/mol. The quantitative estimate of drug-likeness (QED) is 0.767. The lowest BCUT2D eigenvalue weighted by Crippen LogP contribution is -2.34. The molecule has 0 unspecified atom stereocenters. The van der Waals surface area contributed by atoms with E-state index in [1.54, 1.807) is 11.0 Å². The number of nitrogens with zero attached hydrogens (tertiary/aromatic N) is 1. The van der Waals surface area contributed by atoms with Crippen LogP contribution in [0.25, 0.3) is 0 Å². The molecule has 0 atom stereocenters. The van der Waals surface area contributed by atoms with Crippen LogP contribution in [0, 0.1) is 0 Å². The van der Waals surface area contributed by atoms with E-state index in [1.807, 2.05) is 0 Å². The van der Waals surface area contributed by atoms with Gasteiger partial charge in [-0.15, -0.1) is 11.6 Å². The van der Waals surface area contributed by atoms with E-state index in [0.29, 0.717) is 24.0 Å². The molecule has 1 amide bonds. The smallest absolute Gasteiger partial charge is 0.259 e. The molecule has 15 heavy (non-hydrogen) atoms. The molecule has 3 nitrogen and oxygen atoms in total. The largest absolute Gasteiger partial charge is 0.452 e. The number of amides is 1. The number of carbonyl (C=O) groups is 1. The van der Waals surface area contributed by atoms with Crippen LogP contribution in [0.2, 0.25) is 5.22 Å². The van der Waals surface area contributed by atoms with Crippen LogP contribution in [0.4, 0.5) is 0 Å². The van der Waals surface area contributed by atoms with Gasteiger partial charge in [0.2, 0.25) is 5.22 Å². The summed E-state index contributed by atoms with van der Waals surface area (Å²) in [7, 11) is 0. The molecule has 0 saturated heterocycles. The van der Waals surface area contributed by atoms with Gasteiger partial charge < -0.3 is 9.32 Å². The monoisotopic (exact) mass is 247 g/mol. The minimum atomic E-state index is -0.0862. The van der Waals surface area contributed by atoms with Gasteiger partial charge in [-0.2, -0.15) is 0 Å². The van der Waals surface area contributed by atoms with Crippen LogP contribution in [0.1, 0.15) is 23.2 Å². The van der Waals surface area contributed by atoms with Gasteiger partial charge in [-0.05, 0) is 30.5 Å². The van der Waals surface area contributed by atoms with E-state index < -0.39 is 0 Å². The van der Waals surface area contributed by atoms with Crippen LogP contribution in [0.15, 0.2) is 16.7 Å². The standard InChI is InChI=1S/C10H11Cl2NO2/c11-4-5-13(7-1-2-7)10(14)8-3-6-15-9(8)12/h3,6-7H,1-2,4-5H2. The van der Waals surface area contributed by atoms with Crippen molar-refractivity contribution in [2.75, 3.05) is 12.4 Å². The topological polar surface area (TPSA) is 33.5 Å². The van der Waals surface area contributed by atoms with Gasteiger partial charge in [0.05, 0.1) is 11.8 Å². The summed E-state index contributed by atoms with van der Waals surface area (Å²) >= 11 is 11.4. The molecule has 1 aromatic rings. The predicted octanol–water partition coefficient (Wildman–Crippen LogP) is 2.78. The number of rotatable bonds is 4. The van der Waals surface area contributed by atoms with Crippen LogP contribution in [-0.4, -0.2) is 29.3 Å². The van der Waals surface area contributed by atoms with Gasteiger partial charge in [0.15, 0.2) is 0 Å². The average Bonchev–Trinajstić information content (AvgIpc) is 2.97. The number of carbonyl (C=O) groups excluding carboxylic acids is 1. The fraction of sp³-hybridized carbons (Fsp3) is 0.500. The van der Waals surface area contributed by atoms with Gasteiger partial charge in [-0.25, -0.2) is 0 Å². The van der Waals surface area contributed by atoms with E-state index >= 15 is 0 Å². The zero-order valence-corrected chi connectivity index (χ0v) is 9.59. The van der Waals surface area contributed by atoms with E-state index in [9.17, 15) is 4.79 Å². The number of hydrogen-bond acceptors (Lipinski definition) is 2. The summed E-state index contributed by atoms with van der Waals surface area (Å²) < 4.78 is 4.90. The Morgan fingerprint density at radius 3 is 2.80 bits per heavy atom. The minimum absolute atomic E-state index is 0.0862. The Labute approximate surface area is 97.9 Å². The average molecular weight is 248 g/mol. The van der Waals surface area contributed by atoms with Crippen molar-refractivity contribution in [3.8, 4) is 0 Å². The summed E-state index contributed by atoms with van der Waals surface area (Å²) in [4.78, 5) is 13.8. The van der Waals surface area contributed by atoms with Crippen LogP contribution >= 0.6 is 23.2 Å². The van der Waals surface area contributed by atoms with Gasteiger partial charge in [-0.1, -0.05) is 0 Å². The first-order valence-electron chi connectivity index (χ1n) is 4.84.